The number of hydrogen-bond acceptors (Lipinski definition) is 3. The fraction of sp³-hybridized carbons (Fsp3) is 0.222. The van der Waals surface area contributed by atoms with Gasteiger partial charge in [-0.25, -0.2) is 0 Å². The largest absolute Gasteiger partial charge is 0.468 e. The Morgan fingerprint density at radius 3 is 3.00 bits per heavy atom. The quantitative estimate of drug-likeness (QED) is 0.635. The minimum atomic E-state index is 0.203. The Morgan fingerprint density at radius 1 is 1.50 bits per heavy atom. The summed E-state index contributed by atoms with van der Waals surface area (Å²) >= 11 is 0. The Labute approximate surface area is 71.1 Å². The molecule has 1 rings (SSSR count). The monoisotopic (exact) mass is 163 g/mol. The van der Waals surface area contributed by atoms with Gasteiger partial charge in [0.1, 0.15) is 5.75 Å². The summed E-state index contributed by atoms with van der Waals surface area (Å²) in [6, 6.07) is 8.96. The first-order valence-corrected chi connectivity index (χ1v) is 3.48. The third-order valence-electron chi connectivity index (χ3n) is 1.31. The van der Waals surface area contributed by atoms with Crippen LogP contribution in [0.1, 0.15) is 5.56 Å². The molecular formula is C9H9NO2. The van der Waals surface area contributed by atoms with Crippen molar-refractivity contribution in [1.29, 1.82) is 5.26 Å². The van der Waals surface area contributed by atoms with Gasteiger partial charge in [0, 0.05) is 7.11 Å². The highest BCUT2D eigenvalue weighted by Gasteiger charge is 1.93. The van der Waals surface area contributed by atoms with Gasteiger partial charge in [0.15, 0.2) is 6.79 Å². The molecular weight excluding hydrogens is 154 g/mol. The molecule has 3 heteroatoms. The van der Waals surface area contributed by atoms with Crippen LogP contribution in [0.15, 0.2) is 24.3 Å². The Bertz CT molecular complexity index is 291. The number of hydrogen-bond donors (Lipinski definition) is 0. The molecule has 0 aliphatic heterocycles. The van der Waals surface area contributed by atoms with Gasteiger partial charge in [-0.1, -0.05) is 6.07 Å². The highest BCUT2D eigenvalue weighted by molar-refractivity contribution is 5.35. The van der Waals surface area contributed by atoms with Gasteiger partial charge in [0.25, 0.3) is 0 Å². The smallest absolute Gasteiger partial charge is 0.188 e. The lowest BCUT2D eigenvalue weighted by Gasteiger charge is -2.03. The molecule has 0 saturated heterocycles. The predicted molar refractivity (Wildman–Crippen MR) is 43.7 cm³/mol. The number of nitriles is 1. The summed E-state index contributed by atoms with van der Waals surface area (Å²) in [5, 5.41) is 8.55. The first-order valence-electron chi connectivity index (χ1n) is 3.48. The van der Waals surface area contributed by atoms with Crippen LogP contribution in [0.2, 0.25) is 0 Å². The highest BCUT2D eigenvalue weighted by Crippen LogP contribution is 2.11. The summed E-state index contributed by atoms with van der Waals surface area (Å²) in [5.41, 5.74) is 0.587. The fourth-order valence-corrected chi connectivity index (χ4v) is 0.782. The van der Waals surface area contributed by atoms with E-state index in [2.05, 4.69) is 0 Å². The van der Waals surface area contributed by atoms with Crippen LogP contribution < -0.4 is 4.74 Å². The van der Waals surface area contributed by atoms with E-state index in [0.29, 0.717) is 11.3 Å². The molecule has 0 bridgehead atoms. The zero-order chi connectivity index (χ0) is 8.81. The van der Waals surface area contributed by atoms with Gasteiger partial charge in [-0.2, -0.15) is 5.26 Å². The van der Waals surface area contributed by atoms with Gasteiger partial charge in [-0.05, 0) is 18.2 Å². The molecule has 0 heterocycles. The van der Waals surface area contributed by atoms with Crippen molar-refractivity contribution in [3.63, 3.8) is 0 Å². The fourth-order valence-electron chi connectivity index (χ4n) is 0.782. The van der Waals surface area contributed by atoms with Gasteiger partial charge in [0.2, 0.25) is 0 Å². The molecule has 0 aromatic heterocycles. The Kier molecular flexibility index (Phi) is 3.12. The summed E-state index contributed by atoms with van der Waals surface area (Å²) in [6.07, 6.45) is 0. The number of ether oxygens (including phenoxy) is 2. The van der Waals surface area contributed by atoms with Crippen molar-refractivity contribution in [2.24, 2.45) is 0 Å². The molecule has 1 aromatic carbocycles. The van der Waals surface area contributed by atoms with Crippen molar-refractivity contribution in [3.8, 4) is 11.8 Å². The number of nitrogens with zero attached hydrogens (tertiary/aromatic N) is 1. The average molecular weight is 163 g/mol. The lowest BCUT2D eigenvalue weighted by atomic mass is 10.2. The summed E-state index contributed by atoms with van der Waals surface area (Å²) in [5.74, 6) is 0.649. The van der Waals surface area contributed by atoms with Gasteiger partial charge < -0.3 is 9.47 Å². The van der Waals surface area contributed by atoms with Crippen LogP contribution in [0.4, 0.5) is 0 Å². The van der Waals surface area contributed by atoms with Crippen molar-refractivity contribution in [3.05, 3.63) is 29.8 Å². The second kappa shape index (κ2) is 4.37. The minimum absolute atomic E-state index is 0.203. The third-order valence-corrected chi connectivity index (χ3v) is 1.31. The zero-order valence-electron chi connectivity index (χ0n) is 6.78. The average Bonchev–Trinajstić information content (AvgIpc) is 2.15. The Hall–Kier alpha value is -1.53. The zero-order valence-corrected chi connectivity index (χ0v) is 6.78. The second-order valence-corrected chi connectivity index (χ2v) is 2.19. The van der Waals surface area contributed by atoms with E-state index in [1.54, 1.807) is 31.4 Å². The molecule has 0 spiro atoms. The van der Waals surface area contributed by atoms with Crippen LogP contribution >= 0.6 is 0 Å². The van der Waals surface area contributed by atoms with Gasteiger partial charge >= 0.3 is 0 Å². The molecule has 0 radical (unpaired) electrons. The first-order chi connectivity index (χ1) is 5.86. The maximum atomic E-state index is 8.55. The molecule has 62 valence electrons. The Balaban J connectivity index is 2.68. The normalized spacial score (nSPS) is 9.00. The van der Waals surface area contributed by atoms with Crippen LogP contribution in [0.25, 0.3) is 0 Å². The van der Waals surface area contributed by atoms with Crippen LogP contribution in [-0.4, -0.2) is 13.9 Å². The number of benzene rings is 1. The van der Waals surface area contributed by atoms with Crippen LogP contribution in [-0.2, 0) is 4.74 Å². The summed E-state index contributed by atoms with van der Waals surface area (Å²) in [6.45, 7) is 0.203. The van der Waals surface area contributed by atoms with Gasteiger partial charge in [-0.15, -0.1) is 0 Å². The molecule has 0 saturated carbocycles. The summed E-state index contributed by atoms with van der Waals surface area (Å²) < 4.78 is 9.84. The maximum absolute atomic E-state index is 8.55. The molecule has 1 aromatic rings. The summed E-state index contributed by atoms with van der Waals surface area (Å²) in [4.78, 5) is 0. The highest BCUT2D eigenvalue weighted by atomic mass is 16.7. The van der Waals surface area contributed by atoms with E-state index in [-0.39, 0.29) is 6.79 Å². The maximum Gasteiger partial charge on any atom is 0.188 e. The van der Waals surface area contributed by atoms with Gasteiger partial charge in [0.05, 0.1) is 11.6 Å². The van der Waals surface area contributed by atoms with Crippen molar-refractivity contribution in [2.45, 2.75) is 0 Å². The third kappa shape index (κ3) is 2.26. The van der Waals surface area contributed by atoms with E-state index in [9.17, 15) is 0 Å². The van der Waals surface area contributed by atoms with Gasteiger partial charge in [-0.3, -0.25) is 0 Å². The van der Waals surface area contributed by atoms with E-state index in [0.717, 1.165) is 0 Å². The van der Waals surface area contributed by atoms with E-state index >= 15 is 0 Å². The van der Waals surface area contributed by atoms with E-state index in [1.807, 2.05) is 6.07 Å². The van der Waals surface area contributed by atoms with Crippen LogP contribution in [0, 0.1) is 11.3 Å². The van der Waals surface area contributed by atoms with Crippen molar-refractivity contribution < 1.29 is 9.47 Å². The topological polar surface area (TPSA) is 42.2 Å². The molecule has 0 aliphatic carbocycles. The molecule has 0 N–H and O–H groups in total. The Morgan fingerprint density at radius 2 is 2.33 bits per heavy atom. The number of methoxy groups -OCH3 is 1. The molecule has 0 unspecified atom stereocenters. The standard InChI is InChI=1S/C9H9NO2/c1-11-7-12-9-4-2-3-8(5-9)6-10/h2-5H,7H2,1H3. The van der Waals surface area contributed by atoms with Crippen LogP contribution in [0.5, 0.6) is 5.75 Å². The van der Waals surface area contributed by atoms with E-state index in [1.165, 1.54) is 0 Å². The molecule has 12 heavy (non-hydrogen) atoms. The molecule has 0 amide bonds. The molecule has 0 atom stereocenters. The van der Waals surface area contributed by atoms with E-state index in [4.69, 9.17) is 14.7 Å². The molecule has 0 fully saturated rings. The lowest BCUT2D eigenvalue weighted by Crippen LogP contribution is -1.98. The predicted octanol–water partition coefficient (Wildman–Crippen LogP) is 1.54. The van der Waals surface area contributed by atoms with Crippen molar-refractivity contribution in [1.82, 2.24) is 0 Å². The first kappa shape index (κ1) is 8.57. The molecule has 3 nitrogen and oxygen atoms in total. The van der Waals surface area contributed by atoms with Crippen molar-refractivity contribution >= 4 is 0 Å². The number of rotatable bonds is 3. The van der Waals surface area contributed by atoms with E-state index < -0.39 is 0 Å². The molecule has 0 aliphatic rings. The van der Waals surface area contributed by atoms with Crippen molar-refractivity contribution in [2.75, 3.05) is 13.9 Å². The minimum Gasteiger partial charge on any atom is -0.468 e. The lowest BCUT2D eigenvalue weighted by molar-refractivity contribution is 0.0511. The summed E-state index contributed by atoms with van der Waals surface area (Å²) in [7, 11) is 1.55. The van der Waals surface area contributed by atoms with Crippen LogP contribution in [0.3, 0.4) is 0 Å². The second-order valence-electron chi connectivity index (χ2n) is 2.19. The SMILES string of the molecule is COCOc1cccc(C#N)c1.